The number of aromatic nitrogens is 5. The molecule has 0 saturated heterocycles. The van der Waals surface area contributed by atoms with Gasteiger partial charge < -0.3 is 21.1 Å². The van der Waals surface area contributed by atoms with Crippen LogP contribution in [0.15, 0.2) is 54.6 Å². The number of halogens is 1. The van der Waals surface area contributed by atoms with Gasteiger partial charge in [-0.05, 0) is 36.8 Å². The first-order chi connectivity index (χ1) is 15.0. The molecule has 158 valence electrons. The van der Waals surface area contributed by atoms with E-state index in [1.807, 2.05) is 37.3 Å². The van der Waals surface area contributed by atoms with Crippen molar-refractivity contribution in [1.29, 1.82) is 0 Å². The van der Waals surface area contributed by atoms with Crippen LogP contribution in [0.25, 0.3) is 11.3 Å². The standard InChI is InChI=1S/C21H21FN8O/c1-12(13-6-8-15(22)9-7-13)24-20-26-19(23)27-21(28-20)25-18-11-17(29-30-18)14-4-3-5-16(10-14)31-2/h3-12H,1-2H3,(H5,23,24,25,26,27,28,29,30). The van der Waals surface area contributed by atoms with Gasteiger partial charge in [0, 0.05) is 11.6 Å². The van der Waals surface area contributed by atoms with Crippen molar-refractivity contribution in [3.05, 3.63) is 66.0 Å². The fourth-order valence-corrected chi connectivity index (χ4v) is 2.98. The molecule has 0 radical (unpaired) electrons. The van der Waals surface area contributed by atoms with Gasteiger partial charge in [-0.2, -0.15) is 20.1 Å². The van der Waals surface area contributed by atoms with Gasteiger partial charge in [0.05, 0.1) is 18.8 Å². The third kappa shape index (κ3) is 4.86. The van der Waals surface area contributed by atoms with E-state index < -0.39 is 0 Å². The molecule has 0 bridgehead atoms. The molecule has 1 unspecified atom stereocenters. The van der Waals surface area contributed by atoms with E-state index in [-0.39, 0.29) is 29.7 Å². The van der Waals surface area contributed by atoms with Gasteiger partial charge in [-0.1, -0.05) is 24.3 Å². The molecule has 0 spiro atoms. The van der Waals surface area contributed by atoms with Crippen LogP contribution in [0.2, 0.25) is 0 Å². The van der Waals surface area contributed by atoms with Crippen LogP contribution in [0.5, 0.6) is 5.75 Å². The van der Waals surface area contributed by atoms with Crippen LogP contribution < -0.4 is 21.1 Å². The minimum atomic E-state index is -0.292. The van der Waals surface area contributed by atoms with Crippen LogP contribution >= 0.6 is 0 Å². The number of nitrogen functional groups attached to an aromatic ring is 1. The van der Waals surface area contributed by atoms with Crippen molar-refractivity contribution in [1.82, 2.24) is 25.1 Å². The van der Waals surface area contributed by atoms with Crippen molar-refractivity contribution >= 4 is 23.7 Å². The Morgan fingerprint density at radius 1 is 1.03 bits per heavy atom. The van der Waals surface area contributed by atoms with E-state index in [0.717, 1.165) is 22.6 Å². The Balaban J connectivity index is 1.50. The van der Waals surface area contributed by atoms with Crippen LogP contribution in [0.4, 0.5) is 28.1 Å². The first-order valence-electron chi connectivity index (χ1n) is 9.50. The normalized spacial score (nSPS) is 11.7. The van der Waals surface area contributed by atoms with Crippen molar-refractivity contribution < 1.29 is 9.13 Å². The van der Waals surface area contributed by atoms with Gasteiger partial charge in [0.15, 0.2) is 5.82 Å². The van der Waals surface area contributed by atoms with Gasteiger partial charge in [0.1, 0.15) is 11.6 Å². The van der Waals surface area contributed by atoms with Crippen LogP contribution in [0, 0.1) is 5.82 Å². The van der Waals surface area contributed by atoms with Gasteiger partial charge >= 0.3 is 0 Å². The molecule has 10 heteroatoms. The molecule has 5 N–H and O–H groups in total. The zero-order valence-corrected chi connectivity index (χ0v) is 16.9. The third-order valence-corrected chi connectivity index (χ3v) is 4.57. The fraction of sp³-hybridized carbons (Fsp3) is 0.143. The van der Waals surface area contributed by atoms with Gasteiger partial charge in [0.2, 0.25) is 17.8 Å². The van der Waals surface area contributed by atoms with E-state index in [1.54, 1.807) is 19.2 Å². The number of H-pyrrole nitrogens is 1. The van der Waals surface area contributed by atoms with Gasteiger partial charge in [-0.25, -0.2) is 4.39 Å². The molecule has 0 amide bonds. The lowest BCUT2D eigenvalue weighted by Crippen LogP contribution is -2.12. The number of aromatic amines is 1. The third-order valence-electron chi connectivity index (χ3n) is 4.57. The van der Waals surface area contributed by atoms with Crippen LogP contribution in [0.3, 0.4) is 0 Å². The summed E-state index contributed by atoms with van der Waals surface area (Å²) in [7, 11) is 1.62. The Morgan fingerprint density at radius 3 is 2.58 bits per heavy atom. The average Bonchev–Trinajstić information content (AvgIpc) is 3.22. The average molecular weight is 420 g/mol. The Labute approximate surface area is 177 Å². The summed E-state index contributed by atoms with van der Waals surface area (Å²) in [5, 5.41) is 13.4. The van der Waals surface area contributed by atoms with Crippen molar-refractivity contribution in [2.24, 2.45) is 0 Å². The molecule has 2 heterocycles. The molecule has 0 saturated carbocycles. The summed E-state index contributed by atoms with van der Waals surface area (Å²) in [5.74, 6) is 1.55. The van der Waals surface area contributed by atoms with E-state index >= 15 is 0 Å². The molecule has 2 aromatic heterocycles. The zero-order chi connectivity index (χ0) is 21.8. The number of hydrogen-bond donors (Lipinski definition) is 4. The Morgan fingerprint density at radius 2 is 1.81 bits per heavy atom. The number of benzene rings is 2. The highest BCUT2D eigenvalue weighted by Gasteiger charge is 2.12. The molecule has 0 aliphatic rings. The lowest BCUT2D eigenvalue weighted by molar-refractivity contribution is 0.415. The summed E-state index contributed by atoms with van der Waals surface area (Å²) >= 11 is 0. The number of ether oxygens (including phenoxy) is 1. The molecule has 1 atom stereocenters. The summed E-state index contributed by atoms with van der Waals surface area (Å²) < 4.78 is 18.4. The van der Waals surface area contributed by atoms with E-state index in [1.165, 1.54) is 12.1 Å². The van der Waals surface area contributed by atoms with E-state index in [2.05, 4.69) is 35.8 Å². The maximum atomic E-state index is 13.1. The molecular weight excluding hydrogens is 399 g/mol. The molecule has 0 fully saturated rings. The second-order valence-electron chi connectivity index (χ2n) is 6.78. The fourth-order valence-electron chi connectivity index (χ4n) is 2.98. The van der Waals surface area contributed by atoms with Crippen LogP contribution in [0.1, 0.15) is 18.5 Å². The van der Waals surface area contributed by atoms with Crippen LogP contribution in [-0.4, -0.2) is 32.3 Å². The maximum absolute atomic E-state index is 13.1. The number of nitrogens with two attached hydrogens (primary N) is 1. The summed E-state index contributed by atoms with van der Waals surface area (Å²) in [6.07, 6.45) is 0. The van der Waals surface area contributed by atoms with E-state index in [4.69, 9.17) is 10.5 Å². The van der Waals surface area contributed by atoms with Crippen molar-refractivity contribution in [2.75, 3.05) is 23.5 Å². The SMILES string of the molecule is COc1cccc(-c2cc(Nc3nc(N)nc(NC(C)c4ccc(F)cc4)n3)n[nH]2)c1. The summed E-state index contributed by atoms with van der Waals surface area (Å²) in [6.45, 7) is 1.91. The summed E-state index contributed by atoms with van der Waals surface area (Å²) in [4.78, 5) is 12.6. The maximum Gasteiger partial charge on any atom is 0.235 e. The van der Waals surface area contributed by atoms with E-state index in [0.29, 0.717) is 5.82 Å². The molecule has 4 rings (SSSR count). The Bertz CT molecular complexity index is 1180. The molecule has 9 nitrogen and oxygen atoms in total. The van der Waals surface area contributed by atoms with Gasteiger partial charge in [0.25, 0.3) is 0 Å². The lowest BCUT2D eigenvalue weighted by atomic mass is 10.1. The highest BCUT2D eigenvalue weighted by molar-refractivity contribution is 5.66. The second kappa shape index (κ2) is 8.66. The lowest BCUT2D eigenvalue weighted by Gasteiger charge is -2.14. The number of nitrogens with zero attached hydrogens (tertiary/aromatic N) is 4. The molecule has 0 aliphatic heterocycles. The number of rotatable bonds is 7. The van der Waals surface area contributed by atoms with Gasteiger partial charge in [-0.3, -0.25) is 5.10 Å². The van der Waals surface area contributed by atoms with Gasteiger partial charge in [-0.15, -0.1) is 0 Å². The number of methoxy groups -OCH3 is 1. The monoisotopic (exact) mass is 420 g/mol. The first kappa shape index (κ1) is 20.1. The molecular formula is C21H21FN8O. The highest BCUT2D eigenvalue weighted by atomic mass is 19.1. The minimum absolute atomic E-state index is 0.0508. The molecule has 0 aliphatic carbocycles. The quantitative estimate of drug-likeness (QED) is 0.354. The largest absolute Gasteiger partial charge is 0.497 e. The first-order valence-corrected chi connectivity index (χ1v) is 9.50. The number of anilines is 4. The summed E-state index contributed by atoms with van der Waals surface area (Å²) in [6, 6.07) is 15.5. The minimum Gasteiger partial charge on any atom is -0.497 e. The van der Waals surface area contributed by atoms with Crippen molar-refractivity contribution in [3.63, 3.8) is 0 Å². The molecule has 4 aromatic rings. The Kier molecular flexibility index (Phi) is 5.61. The topological polar surface area (TPSA) is 127 Å². The van der Waals surface area contributed by atoms with Crippen LogP contribution in [-0.2, 0) is 0 Å². The van der Waals surface area contributed by atoms with E-state index in [9.17, 15) is 4.39 Å². The van der Waals surface area contributed by atoms with Crippen molar-refractivity contribution in [2.45, 2.75) is 13.0 Å². The number of nitrogens with one attached hydrogen (secondary N) is 3. The molecule has 2 aromatic carbocycles. The second-order valence-corrected chi connectivity index (χ2v) is 6.78. The predicted octanol–water partition coefficient (Wildman–Crippen LogP) is 3.91. The number of hydrogen-bond acceptors (Lipinski definition) is 8. The zero-order valence-electron chi connectivity index (χ0n) is 16.9. The van der Waals surface area contributed by atoms with Crippen molar-refractivity contribution in [3.8, 4) is 17.0 Å². The highest BCUT2D eigenvalue weighted by Crippen LogP contribution is 2.25. The smallest absolute Gasteiger partial charge is 0.235 e. The Hall–Kier alpha value is -4.21. The molecule has 31 heavy (non-hydrogen) atoms. The predicted molar refractivity (Wildman–Crippen MR) is 117 cm³/mol. The summed E-state index contributed by atoms with van der Waals surface area (Å²) in [5.41, 5.74) is 8.44.